The summed E-state index contributed by atoms with van der Waals surface area (Å²) < 4.78 is 5.87. The lowest BCUT2D eigenvalue weighted by Crippen LogP contribution is -2.51. The highest BCUT2D eigenvalue weighted by Crippen LogP contribution is 2.60. The lowest BCUT2D eigenvalue weighted by atomic mass is 9.48. The Kier molecular flexibility index (Phi) is 5.56. The van der Waals surface area contributed by atoms with Gasteiger partial charge in [-0.2, -0.15) is 0 Å². The summed E-state index contributed by atoms with van der Waals surface area (Å²) in [5, 5.41) is 2.95. The first-order valence-corrected chi connectivity index (χ1v) is 11.6. The highest BCUT2D eigenvalue weighted by molar-refractivity contribution is 5.86. The van der Waals surface area contributed by atoms with E-state index >= 15 is 0 Å². The summed E-state index contributed by atoms with van der Waals surface area (Å²) in [6, 6.07) is 17.4. The van der Waals surface area contributed by atoms with E-state index in [9.17, 15) is 9.59 Å². The quantitative estimate of drug-likeness (QED) is 0.677. The molecule has 0 saturated heterocycles. The monoisotopic (exact) mass is 417 g/mol. The molecule has 0 aromatic heterocycles. The van der Waals surface area contributed by atoms with Crippen molar-refractivity contribution >= 4 is 11.7 Å². The molecule has 2 aromatic rings. The molecule has 4 aliphatic rings. The van der Waals surface area contributed by atoms with E-state index in [0.29, 0.717) is 24.5 Å². The molecule has 0 spiro atoms. The Morgan fingerprint density at radius 2 is 1.45 bits per heavy atom. The zero-order chi connectivity index (χ0) is 21.3. The normalized spacial score (nSPS) is 28.3. The van der Waals surface area contributed by atoms with Crippen LogP contribution in [0.2, 0.25) is 0 Å². The summed E-state index contributed by atoms with van der Waals surface area (Å²) in [6.07, 6.45) is 7.60. The van der Waals surface area contributed by atoms with Gasteiger partial charge in [0.05, 0.1) is 6.42 Å². The number of hydrogen-bond acceptors (Lipinski definition) is 3. The fraction of sp³-hybridized carbons (Fsp3) is 0.481. The Labute approximate surface area is 184 Å². The Balaban J connectivity index is 1.10. The minimum atomic E-state index is -0.106. The Morgan fingerprint density at radius 1 is 0.839 bits per heavy atom. The Bertz CT molecular complexity index is 899. The zero-order valence-corrected chi connectivity index (χ0v) is 18.0. The van der Waals surface area contributed by atoms with Gasteiger partial charge in [0.15, 0.2) is 5.78 Å². The predicted molar refractivity (Wildman–Crippen MR) is 120 cm³/mol. The molecule has 1 amide bonds. The maximum absolute atomic E-state index is 13.1. The van der Waals surface area contributed by atoms with Crippen molar-refractivity contribution < 1.29 is 14.3 Å². The molecule has 4 aliphatic carbocycles. The second kappa shape index (κ2) is 8.49. The van der Waals surface area contributed by atoms with E-state index in [-0.39, 0.29) is 17.9 Å². The summed E-state index contributed by atoms with van der Waals surface area (Å²) in [5.74, 6) is 3.30. The van der Waals surface area contributed by atoms with Crippen molar-refractivity contribution in [3.05, 3.63) is 65.7 Å². The molecular weight excluding hydrogens is 386 g/mol. The number of amides is 1. The average molecular weight is 418 g/mol. The van der Waals surface area contributed by atoms with Gasteiger partial charge in [0.2, 0.25) is 5.91 Å². The molecule has 0 radical (unpaired) electrons. The number of Topliss-reactive ketones (excluding diaryl/α,β-unsaturated/α-hetero) is 1. The fourth-order valence-electron chi connectivity index (χ4n) is 6.50. The summed E-state index contributed by atoms with van der Waals surface area (Å²) in [6.45, 7) is 0.705. The van der Waals surface area contributed by atoms with Gasteiger partial charge in [0.1, 0.15) is 12.4 Å². The van der Waals surface area contributed by atoms with Crippen LogP contribution in [0.4, 0.5) is 0 Å². The van der Waals surface area contributed by atoms with Crippen LogP contribution in [0.3, 0.4) is 0 Å². The highest BCUT2D eigenvalue weighted by Gasteiger charge is 2.54. The van der Waals surface area contributed by atoms with Crippen molar-refractivity contribution in [2.45, 2.75) is 51.5 Å². The van der Waals surface area contributed by atoms with Gasteiger partial charge in [-0.1, -0.05) is 42.5 Å². The number of hydrogen-bond donors (Lipinski definition) is 1. The van der Waals surface area contributed by atoms with Gasteiger partial charge >= 0.3 is 0 Å². The molecule has 1 N–H and O–H groups in total. The van der Waals surface area contributed by atoms with E-state index < -0.39 is 0 Å². The molecule has 0 heterocycles. The summed E-state index contributed by atoms with van der Waals surface area (Å²) in [4.78, 5) is 25.3. The first-order valence-electron chi connectivity index (χ1n) is 11.6. The smallest absolute Gasteiger partial charge is 0.224 e. The number of carbonyl (C=O) groups excluding carboxylic acids is 2. The van der Waals surface area contributed by atoms with E-state index in [4.69, 9.17) is 4.74 Å². The first-order chi connectivity index (χ1) is 15.1. The molecule has 2 aromatic carbocycles. The fourth-order valence-corrected chi connectivity index (χ4v) is 6.50. The van der Waals surface area contributed by atoms with Crippen LogP contribution >= 0.6 is 0 Å². The Morgan fingerprint density at radius 3 is 2.06 bits per heavy atom. The molecule has 0 aliphatic heterocycles. The predicted octanol–water partition coefficient (Wildman–Crippen LogP) is 4.71. The first kappa shape index (κ1) is 20.3. The molecule has 4 heteroatoms. The molecule has 4 fully saturated rings. The largest absolute Gasteiger partial charge is 0.486 e. The van der Waals surface area contributed by atoms with Gasteiger partial charge in [-0.15, -0.1) is 0 Å². The minimum absolute atomic E-state index is 0.00508. The molecule has 162 valence electrons. The van der Waals surface area contributed by atoms with Gasteiger partial charge in [0.25, 0.3) is 0 Å². The summed E-state index contributed by atoms with van der Waals surface area (Å²) in [7, 11) is 0. The van der Waals surface area contributed by atoms with E-state index in [0.717, 1.165) is 48.1 Å². The maximum Gasteiger partial charge on any atom is 0.224 e. The lowest BCUT2D eigenvalue weighted by Gasteiger charge is -2.55. The number of ketones is 1. The number of rotatable bonds is 8. The standard InChI is InChI=1S/C27H31NO3/c29-25(27-14-21-10-22(15-27)12-23(11-21)16-27)18-31-24-8-6-19(7-9-24)13-26(30)28-17-20-4-2-1-3-5-20/h1-9,21-23H,10-18H2,(H,28,30). The van der Waals surface area contributed by atoms with E-state index in [2.05, 4.69) is 5.32 Å². The third kappa shape index (κ3) is 4.53. The van der Waals surface area contributed by atoms with Gasteiger partial charge in [-0.25, -0.2) is 0 Å². The number of nitrogens with one attached hydrogen (secondary N) is 1. The summed E-state index contributed by atoms with van der Waals surface area (Å²) in [5.41, 5.74) is 1.92. The second-order valence-electron chi connectivity index (χ2n) is 9.99. The van der Waals surface area contributed by atoms with E-state index in [1.807, 2.05) is 54.6 Å². The zero-order valence-electron chi connectivity index (χ0n) is 18.0. The van der Waals surface area contributed by atoms with Gasteiger partial charge < -0.3 is 10.1 Å². The van der Waals surface area contributed by atoms with Gasteiger partial charge in [-0.3, -0.25) is 9.59 Å². The van der Waals surface area contributed by atoms with Crippen LogP contribution in [0.25, 0.3) is 0 Å². The second-order valence-corrected chi connectivity index (χ2v) is 9.99. The minimum Gasteiger partial charge on any atom is -0.486 e. The maximum atomic E-state index is 13.1. The SMILES string of the molecule is O=C(Cc1ccc(OCC(=O)C23CC4CC(CC(C4)C2)C3)cc1)NCc1ccccc1. The van der Waals surface area contributed by atoms with Crippen LogP contribution in [0.5, 0.6) is 5.75 Å². The van der Waals surface area contributed by atoms with Crippen molar-refractivity contribution in [1.29, 1.82) is 0 Å². The molecular formula is C27H31NO3. The van der Waals surface area contributed by atoms with Crippen LogP contribution in [0, 0.1) is 23.2 Å². The third-order valence-corrected chi connectivity index (χ3v) is 7.62. The van der Waals surface area contributed by atoms with Gasteiger partial charge in [-0.05, 0) is 79.5 Å². The molecule has 0 unspecified atom stereocenters. The molecule has 4 bridgehead atoms. The lowest BCUT2D eigenvalue weighted by molar-refractivity contribution is -0.146. The van der Waals surface area contributed by atoms with Crippen LogP contribution < -0.4 is 10.1 Å². The van der Waals surface area contributed by atoms with Crippen molar-refractivity contribution in [1.82, 2.24) is 5.32 Å². The van der Waals surface area contributed by atoms with Crippen LogP contribution in [-0.4, -0.2) is 18.3 Å². The summed E-state index contributed by atoms with van der Waals surface area (Å²) >= 11 is 0. The molecule has 31 heavy (non-hydrogen) atoms. The number of ether oxygens (including phenoxy) is 1. The van der Waals surface area contributed by atoms with E-state index in [1.165, 1.54) is 19.3 Å². The van der Waals surface area contributed by atoms with E-state index in [1.54, 1.807) is 0 Å². The molecule has 4 nitrogen and oxygen atoms in total. The van der Waals surface area contributed by atoms with Crippen molar-refractivity contribution in [3.63, 3.8) is 0 Å². The number of carbonyl (C=O) groups is 2. The molecule has 4 saturated carbocycles. The topological polar surface area (TPSA) is 55.4 Å². The van der Waals surface area contributed by atoms with Crippen LogP contribution in [-0.2, 0) is 22.6 Å². The molecule has 6 rings (SSSR count). The molecule has 0 atom stereocenters. The van der Waals surface area contributed by atoms with Crippen molar-refractivity contribution in [2.24, 2.45) is 23.2 Å². The average Bonchev–Trinajstić information content (AvgIpc) is 2.77. The third-order valence-electron chi connectivity index (χ3n) is 7.62. The van der Waals surface area contributed by atoms with Crippen LogP contribution in [0.15, 0.2) is 54.6 Å². The number of benzene rings is 2. The Hall–Kier alpha value is -2.62. The van der Waals surface area contributed by atoms with Crippen LogP contribution in [0.1, 0.15) is 49.7 Å². The van der Waals surface area contributed by atoms with Crippen molar-refractivity contribution in [3.8, 4) is 5.75 Å². The van der Waals surface area contributed by atoms with Gasteiger partial charge in [0, 0.05) is 12.0 Å². The highest BCUT2D eigenvalue weighted by atomic mass is 16.5. The van der Waals surface area contributed by atoms with Crippen molar-refractivity contribution in [2.75, 3.05) is 6.61 Å².